The number of hydrogen-bond donors (Lipinski definition) is 15. The van der Waals surface area contributed by atoms with Crippen LogP contribution in [0.1, 0.15) is 19.3 Å². The molecule has 3 saturated heterocycles. The van der Waals surface area contributed by atoms with Crippen molar-refractivity contribution < 1.29 is 74.4 Å². The van der Waals surface area contributed by atoms with Crippen LogP contribution in [0.3, 0.4) is 0 Å². The summed E-state index contributed by atoms with van der Waals surface area (Å²) in [4.78, 5) is 0. The van der Waals surface area contributed by atoms with Crippen molar-refractivity contribution in [3.05, 3.63) is 0 Å². The molecule has 1 saturated carbocycles. The molecule has 50 heavy (non-hydrogen) atoms. The van der Waals surface area contributed by atoms with Crippen molar-refractivity contribution in [1.82, 2.24) is 10.6 Å². The number of nitrogens with one attached hydrogen (secondary N) is 2. The second kappa shape index (κ2) is 19.5. The van der Waals surface area contributed by atoms with Gasteiger partial charge in [-0.05, 0) is 19.3 Å². The maximum absolute atomic E-state index is 11.6. The van der Waals surface area contributed by atoms with Crippen LogP contribution in [0.2, 0.25) is 0 Å². The average molecular weight is 731 g/mol. The highest BCUT2D eigenvalue weighted by Crippen LogP contribution is 2.34. The minimum atomic E-state index is -1.62. The van der Waals surface area contributed by atoms with Gasteiger partial charge >= 0.3 is 0 Å². The van der Waals surface area contributed by atoms with E-state index in [1.165, 1.54) is 0 Å². The zero-order valence-corrected chi connectivity index (χ0v) is 27.8. The van der Waals surface area contributed by atoms with Gasteiger partial charge in [-0.2, -0.15) is 0 Å². The topological polar surface area (TPSA) is 366 Å². The molecule has 0 aromatic rings. The minimum Gasteiger partial charge on any atom is -0.395 e. The molecule has 0 spiro atoms. The van der Waals surface area contributed by atoms with Gasteiger partial charge in [0.1, 0.15) is 48.8 Å². The van der Waals surface area contributed by atoms with Crippen LogP contribution in [0.4, 0.5) is 0 Å². The summed E-state index contributed by atoms with van der Waals surface area (Å²) < 4.78 is 35.9. The molecule has 0 aromatic heterocycles. The molecule has 21 nitrogen and oxygen atoms in total. The number of rotatable bonds is 17. The van der Waals surface area contributed by atoms with Gasteiger partial charge in [0.05, 0.1) is 62.9 Å². The van der Waals surface area contributed by atoms with Crippen molar-refractivity contribution in [3.8, 4) is 0 Å². The van der Waals surface area contributed by atoms with Crippen molar-refractivity contribution in [3.63, 3.8) is 0 Å². The van der Waals surface area contributed by atoms with E-state index in [1.807, 2.05) is 0 Å². The smallest absolute Gasteiger partial charge is 0.187 e. The van der Waals surface area contributed by atoms with Crippen LogP contribution >= 0.6 is 0 Å². The highest BCUT2D eigenvalue weighted by molar-refractivity contribution is 5.03. The second-order valence-electron chi connectivity index (χ2n) is 13.4. The summed E-state index contributed by atoms with van der Waals surface area (Å²) in [6, 6.07) is -4.33. The first kappa shape index (κ1) is 41.9. The van der Waals surface area contributed by atoms with E-state index in [2.05, 4.69) is 10.6 Å². The van der Waals surface area contributed by atoms with Crippen molar-refractivity contribution in [2.45, 2.75) is 135 Å². The Morgan fingerprint density at radius 1 is 0.700 bits per heavy atom. The zero-order chi connectivity index (χ0) is 36.7. The highest BCUT2D eigenvalue weighted by Gasteiger charge is 2.54. The lowest BCUT2D eigenvalue weighted by molar-refractivity contribution is -0.290. The molecule has 21 heteroatoms. The largest absolute Gasteiger partial charge is 0.395 e. The first-order chi connectivity index (χ1) is 23.9. The molecule has 18 atom stereocenters. The molecule has 4 fully saturated rings. The lowest BCUT2D eigenvalue weighted by Gasteiger charge is -2.47. The van der Waals surface area contributed by atoms with E-state index >= 15 is 0 Å². The van der Waals surface area contributed by atoms with Gasteiger partial charge in [0.2, 0.25) is 0 Å². The highest BCUT2D eigenvalue weighted by atomic mass is 16.8. The summed E-state index contributed by atoms with van der Waals surface area (Å²) in [6.45, 7) is -1.66. The molecule has 4 aliphatic rings. The molecule has 19 N–H and O–H groups in total. The van der Waals surface area contributed by atoms with E-state index in [0.717, 1.165) is 0 Å². The van der Waals surface area contributed by atoms with Crippen molar-refractivity contribution in [1.29, 1.82) is 0 Å². The van der Waals surface area contributed by atoms with Crippen LogP contribution < -0.4 is 33.6 Å². The minimum absolute atomic E-state index is 0.0979. The molecule has 1 unspecified atom stereocenters. The van der Waals surface area contributed by atoms with Gasteiger partial charge in [-0.15, -0.1) is 0 Å². The molecule has 1 aliphatic carbocycles. The fourth-order valence-corrected chi connectivity index (χ4v) is 6.70. The quantitative estimate of drug-likeness (QED) is 0.0660. The molecular weight excluding hydrogens is 672 g/mol. The predicted molar refractivity (Wildman–Crippen MR) is 169 cm³/mol. The standard InChI is InChI=1S/C29H58N6O15/c30-4-17-21(42)22(43)19(33)28(46-17)49-25-18(10-39)47-29(23(25)44)50-26-20(41)16(35-11(7-36)8-37)3-15(32)24(26)48-27-14(31)2-1-13(45-27)6-34-5-12(40)9-38/h11-29,34-44H,1-10,30-33H2/t12?,13-,14+,15-,16+,17-,18+,19+,20-,21+,22+,23+,24+,25+,26+,27+,28+,29-/m0/s1. The van der Waals surface area contributed by atoms with Gasteiger partial charge in [0, 0.05) is 31.7 Å². The van der Waals surface area contributed by atoms with E-state index in [9.17, 15) is 40.9 Å². The Hall–Kier alpha value is -0.840. The molecule has 0 amide bonds. The third-order valence-corrected chi connectivity index (χ3v) is 9.70. The molecule has 294 valence electrons. The van der Waals surface area contributed by atoms with Crippen LogP contribution in [0.5, 0.6) is 0 Å². The van der Waals surface area contributed by atoms with E-state index in [1.54, 1.807) is 0 Å². The third-order valence-electron chi connectivity index (χ3n) is 9.70. The van der Waals surface area contributed by atoms with Crippen LogP contribution in [0.15, 0.2) is 0 Å². The number of aliphatic hydroxyl groups is 9. The third kappa shape index (κ3) is 10.0. The maximum atomic E-state index is 11.6. The molecule has 3 aliphatic heterocycles. The van der Waals surface area contributed by atoms with Crippen LogP contribution in [-0.2, 0) is 28.4 Å². The zero-order valence-electron chi connectivity index (χ0n) is 27.8. The van der Waals surface area contributed by atoms with Gasteiger partial charge < -0.3 is 108 Å². The fraction of sp³-hybridized carbons (Fsp3) is 1.00. The Morgan fingerprint density at radius 2 is 1.36 bits per heavy atom. The van der Waals surface area contributed by atoms with E-state index in [-0.39, 0.29) is 25.6 Å². The predicted octanol–water partition coefficient (Wildman–Crippen LogP) is -8.87. The monoisotopic (exact) mass is 730 g/mol. The summed E-state index contributed by atoms with van der Waals surface area (Å²) in [5, 5.41) is 97.7. The number of ether oxygens (including phenoxy) is 6. The van der Waals surface area contributed by atoms with E-state index in [4.69, 9.17) is 56.5 Å². The van der Waals surface area contributed by atoms with E-state index < -0.39 is 137 Å². The van der Waals surface area contributed by atoms with Crippen molar-refractivity contribution >= 4 is 0 Å². The van der Waals surface area contributed by atoms with Crippen LogP contribution in [0, 0.1) is 0 Å². The number of hydrogen-bond acceptors (Lipinski definition) is 21. The molecule has 0 aromatic carbocycles. The maximum Gasteiger partial charge on any atom is 0.187 e. The summed E-state index contributed by atoms with van der Waals surface area (Å²) in [6.07, 6.45) is -16.0. The normalized spacial score (nSPS) is 44.9. The lowest BCUT2D eigenvalue weighted by atomic mass is 9.83. The second-order valence-corrected chi connectivity index (χ2v) is 13.4. The molecule has 3 heterocycles. The summed E-state index contributed by atoms with van der Waals surface area (Å²) in [5.41, 5.74) is 24.6. The van der Waals surface area contributed by atoms with Crippen molar-refractivity contribution in [2.75, 3.05) is 46.1 Å². The molecule has 4 rings (SSSR count). The average Bonchev–Trinajstić information content (AvgIpc) is 3.41. The van der Waals surface area contributed by atoms with Crippen LogP contribution in [-0.4, -0.2) is 208 Å². The first-order valence-electron chi connectivity index (χ1n) is 17.1. The van der Waals surface area contributed by atoms with Gasteiger partial charge in [-0.3, -0.25) is 0 Å². The van der Waals surface area contributed by atoms with Gasteiger partial charge in [0.25, 0.3) is 0 Å². The Balaban J connectivity index is 1.51. The molecule has 0 bridgehead atoms. The molecule has 0 radical (unpaired) electrons. The molecular formula is C29H58N6O15. The Kier molecular flexibility index (Phi) is 16.3. The number of nitrogens with two attached hydrogens (primary N) is 4. The Bertz CT molecular complexity index is 996. The van der Waals surface area contributed by atoms with Crippen LogP contribution in [0.25, 0.3) is 0 Å². The van der Waals surface area contributed by atoms with Crippen molar-refractivity contribution in [2.24, 2.45) is 22.9 Å². The fourth-order valence-electron chi connectivity index (χ4n) is 6.70. The first-order valence-corrected chi connectivity index (χ1v) is 17.1. The summed E-state index contributed by atoms with van der Waals surface area (Å²) in [7, 11) is 0. The Morgan fingerprint density at radius 3 is 2.00 bits per heavy atom. The summed E-state index contributed by atoms with van der Waals surface area (Å²) >= 11 is 0. The van der Waals surface area contributed by atoms with Gasteiger partial charge in [0.15, 0.2) is 18.9 Å². The summed E-state index contributed by atoms with van der Waals surface area (Å²) in [5.74, 6) is 0. The van der Waals surface area contributed by atoms with Gasteiger partial charge in [-0.25, -0.2) is 0 Å². The SMILES string of the molecule is NC[C@@H]1O[C@H](O[C@H]2[C@@H](O)[C@H](O[C@@H]3[C@@H](O)[C@H](NC(CO)CO)C[C@H](N)[C@H]3O[C@H]3O[C@H](CNCC(O)CO)CC[C@H]3N)O[C@@H]2CO)[C@H](N)[C@@H](O)[C@@H]1O. The Labute approximate surface area is 289 Å². The van der Waals surface area contributed by atoms with E-state index in [0.29, 0.717) is 19.4 Å². The van der Waals surface area contributed by atoms with Gasteiger partial charge in [-0.1, -0.05) is 0 Å². The number of aliphatic hydroxyl groups excluding tert-OH is 9. The lowest BCUT2D eigenvalue weighted by Crippen LogP contribution is -2.67.